The van der Waals surface area contributed by atoms with Gasteiger partial charge >= 0.3 is 0 Å². The average molecular weight is 504 g/mol. The van der Waals surface area contributed by atoms with Crippen LogP contribution in [0, 0.1) is 0 Å². The summed E-state index contributed by atoms with van der Waals surface area (Å²) in [6.07, 6.45) is 9.98. The maximum atomic E-state index is 13.9. The van der Waals surface area contributed by atoms with Gasteiger partial charge < -0.3 is 9.80 Å². The molecule has 0 aromatic heterocycles. The van der Waals surface area contributed by atoms with Crippen LogP contribution >= 0.6 is 0 Å². The lowest BCUT2D eigenvalue weighted by molar-refractivity contribution is -0.116. The number of amides is 2. The Balaban J connectivity index is 1.65. The van der Waals surface area contributed by atoms with Crippen LogP contribution in [-0.2, 0) is 17.8 Å². The van der Waals surface area contributed by atoms with E-state index in [0.717, 1.165) is 75.1 Å². The molecule has 2 aliphatic heterocycles. The molecule has 0 N–H and O–H groups in total. The quantitative estimate of drug-likeness (QED) is 0.481. The molecule has 1 fully saturated rings. The molecule has 1 atom stereocenters. The lowest BCUT2D eigenvalue weighted by atomic mass is 9.94. The van der Waals surface area contributed by atoms with Crippen molar-refractivity contribution in [3.05, 3.63) is 65.2 Å². The molecule has 5 heteroatoms. The van der Waals surface area contributed by atoms with Crippen LogP contribution in [0.25, 0.3) is 0 Å². The van der Waals surface area contributed by atoms with Crippen molar-refractivity contribution in [3.8, 4) is 0 Å². The van der Waals surface area contributed by atoms with Crippen molar-refractivity contribution in [1.82, 2.24) is 9.80 Å². The van der Waals surface area contributed by atoms with Gasteiger partial charge in [0.15, 0.2) is 0 Å². The molecular weight excluding hydrogens is 458 g/mol. The van der Waals surface area contributed by atoms with Gasteiger partial charge in [0.1, 0.15) is 0 Å². The number of rotatable bonds is 4. The number of nitrogens with zero attached hydrogens (tertiary/aromatic N) is 3. The minimum atomic E-state index is 0.0763. The van der Waals surface area contributed by atoms with Crippen molar-refractivity contribution in [1.29, 1.82) is 0 Å². The molecule has 2 aliphatic rings. The fourth-order valence-electron chi connectivity index (χ4n) is 5.94. The molecule has 2 aromatic carbocycles. The van der Waals surface area contributed by atoms with E-state index in [4.69, 9.17) is 0 Å². The van der Waals surface area contributed by atoms with Gasteiger partial charge in [0.25, 0.3) is 5.91 Å². The van der Waals surface area contributed by atoms with Gasteiger partial charge in [-0.05, 0) is 88.2 Å². The molecule has 1 saturated heterocycles. The van der Waals surface area contributed by atoms with Crippen LogP contribution in [0.1, 0.15) is 93.6 Å². The number of benzene rings is 2. The Kier molecular flexibility index (Phi) is 9.79. The highest BCUT2D eigenvalue weighted by Crippen LogP contribution is 2.29. The Hall–Kier alpha value is -2.66. The van der Waals surface area contributed by atoms with Crippen LogP contribution in [0.2, 0.25) is 0 Å². The van der Waals surface area contributed by atoms with Crippen LogP contribution in [0.4, 0.5) is 5.69 Å². The number of carbonyl (C=O) groups excluding carboxylic acids is 2. The van der Waals surface area contributed by atoms with Crippen LogP contribution in [0.15, 0.2) is 48.5 Å². The van der Waals surface area contributed by atoms with Gasteiger partial charge in [0.05, 0.1) is 0 Å². The molecule has 0 saturated carbocycles. The summed E-state index contributed by atoms with van der Waals surface area (Å²) in [6.45, 7) is 9.49. The zero-order valence-corrected chi connectivity index (χ0v) is 23.1. The molecule has 0 bridgehead atoms. The second kappa shape index (κ2) is 13.2. The van der Waals surface area contributed by atoms with Crippen LogP contribution < -0.4 is 4.90 Å². The number of carbonyl (C=O) groups is 2. The summed E-state index contributed by atoms with van der Waals surface area (Å²) in [4.78, 5) is 33.2. The lowest BCUT2D eigenvalue weighted by Gasteiger charge is -2.36. The summed E-state index contributed by atoms with van der Waals surface area (Å²) >= 11 is 0. The van der Waals surface area contributed by atoms with Crippen LogP contribution in [-0.4, -0.2) is 53.3 Å². The highest BCUT2D eigenvalue weighted by Gasteiger charge is 2.29. The van der Waals surface area contributed by atoms with E-state index in [-0.39, 0.29) is 17.9 Å². The summed E-state index contributed by atoms with van der Waals surface area (Å²) in [5, 5.41) is 0. The fourth-order valence-corrected chi connectivity index (χ4v) is 5.94. The van der Waals surface area contributed by atoms with Gasteiger partial charge in [0.2, 0.25) is 5.91 Å². The third-order valence-electron chi connectivity index (χ3n) is 8.13. The van der Waals surface area contributed by atoms with Crippen LogP contribution in [0.5, 0.6) is 0 Å². The normalized spacial score (nSPS) is 20.2. The van der Waals surface area contributed by atoms with Crippen molar-refractivity contribution in [3.63, 3.8) is 0 Å². The number of anilines is 1. The zero-order chi connectivity index (χ0) is 26.2. The number of hydrogen-bond donors (Lipinski definition) is 0. The molecule has 1 unspecified atom stereocenters. The molecule has 0 spiro atoms. The Morgan fingerprint density at radius 2 is 1.57 bits per heavy atom. The highest BCUT2D eigenvalue weighted by molar-refractivity contribution is 5.97. The van der Waals surface area contributed by atoms with Crippen LogP contribution in [0.3, 0.4) is 0 Å². The number of hydrogen-bond acceptors (Lipinski definition) is 3. The molecule has 0 radical (unpaired) electrons. The van der Waals surface area contributed by atoms with Gasteiger partial charge in [-0.15, -0.1) is 0 Å². The molecule has 37 heavy (non-hydrogen) atoms. The fraction of sp³-hybridized carbons (Fsp3) is 0.562. The second-order valence-electron chi connectivity index (χ2n) is 11.2. The summed E-state index contributed by atoms with van der Waals surface area (Å²) in [7, 11) is 0. The maximum Gasteiger partial charge on any atom is 0.254 e. The average Bonchev–Trinajstić information content (AvgIpc) is 2.89. The smallest absolute Gasteiger partial charge is 0.254 e. The first-order valence-electron chi connectivity index (χ1n) is 14.4. The number of likely N-dealkylation sites (tertiary alicyclic amines) is 1. The van der Waals surface area contributed by atoms with Gasteiger partial charge in [-0.2, -0.15) is 0 Å². The molecule has 2 amide bonds. The topological polar surface area (TPSA) is 43.9 Å². The van der Waals surface area contributed by atoms with E-state index in [9.17, 15) is 9.59 Å². The standard InChI is InChI=1S/C32H45N3O2/c1-25(2)33-19-11-5-4-6-12-20-34(26(3)36)31-18-17-28(23-29(31)24-33)32(37)35-21-13-10-16-30(35)22-27-14-8-7-9-15-27/h7-9,14-15,17-18,23,25,30H,4-6,10-13,16,19-22,24H2,1-3H3. The molecular formula is C32H45N3O2. The van der Waals surface area contributed by atoms with Gasteiger partial charge in [-0.1, -0.05) is 49.6 Å². The van der Waals surface area contributed by atoms with E-state index in [2.05, 4.69) is 54.0 Å². The number of fused-ring (bicyclic) bond motifs is 1. The summed E-state index contributed by atoms with van der Waals surface area (Å²) < 4.78 is 0. The van der Waals surface area contributed by atoms with E-state index in [1.165, 1.54) is 31.2 Å². The first kappa shape index (κ1) is 27.4. The highest BCUT2D eigenvalue weighted by atomic mass is 16.2. The van der Waals surface area contributed by atoms with Crippen molar-refractivity contribution in [2.75, 3.05) is 24.5 Å². The lowest BCUT2D eigenvalue weighted by Crippen LogP contribution is -2.45. The Bertz CT molecular complexity index is 1040. The summed E-state index contributed by atoms with van der Waals surface area (Å²) in [6, 6.07) is 17.2. The largest absolute Gasteiger partial charge is 0.335 e. The number of piperidine rings is 1. The summed E-state index contributed by atoms with van der Waals surface area (Å²) in [5.74, 6) is 0.201. The predicted molar refractivity (Wildman–Crippen MR) is 152 cm³/mol. The van der Waals surface area contributed by atoms with E-state index >= 15 is 0 Å². The van der Waals surface area contributed by atoms with E-state index in [1.807, 2.05) is 23.1 Å². The third-order valence-corrected chi connectivity index (χ3v) is 8.13. The van der Waals surface area contributed by atoms with Crippen molar-refractivity contribution in [2.24, 2.45) is 0 Å². The third kappa shape index (κ3) is 7.22. The minimum absolute atomic E-state index is 0.0763. The zero-order valence-electron chi connectivity index (χ0n) is 23.1. The Morgan fingerprint density at radius 1 is 0.865 bits per heavy atom. The van der Waals surface area contributed by atoms with Gasteiger partial charge in [-0.3, -0.25) is 14.5 Å². The maximum absolute atomic E-state index is 13.9. The molecule has 200 valence electrons. The minimum Gasteiger partial charge on any atom is -0.335 e. The molecule has 2 heterocycles. The van der Waals surface area contributed by atoms with Crippen molar-refractivity contribution in [2.45, 2.75) is 97.2 Å². The van der Waals surface area contributed by atoms with E-state index in [1.54, 1.807) is 6.92 Å². The Morgan fingerprint density at radius 3 is 2.30 bits per heavy atom. The van der Waals surface area contributed by atoms with Gasteiger partial charge in [-0.25, -0.2) is 0 Å². The first-order chi connectivity index (χ1) is 17.9. The van der Waals surface area contributed by atoms with E-state index < -0.39 is 0 Å². The van der Waals surface area contributed by atoms with Crippen molar-refractivity contribution >= 4 is 17.5 Å². The Labute approximate surface area is 223 Å². The molecule has 5 nitrogen and oxygen atoms in total. The first-order valence-corrected chi connectivity index (χ1v) is 14.4. The summed E-state index contributed by atoms with van der Waals surface area (Å²) in [5.41, 5.74) is 4.09. The van der Waals surface area contributed by atoms with Crippen molar-refractivity contribution < 1.29 is 9.59 Å². The second-order valence-corrected chi connectivity index (χ2v) is 11.2. The molecule has 2 aromatic rings. The molecule has 4 rings (SSSR count). The predicted octanol–water partition coefficient (Wildman–Crippen LogP) is 6.45. The van der Waals surface area contributed by atoms with Gasteiger partial charge in [0, 0.05) is 49.9 Å². The SMILES string of the molecule is CC(=O)N1CCCCCCCN(C(C)C)Cc2cc(C(=O)N3CCCCC3Cc3ccccc3)ccc21. The monoisotopic (exact) mass is 503 g/mol. The molecule has 0 aliphatic carbocycles. The van der Waals surface area contributed by atoms with E-state index in [0.29, 0.717) is 6.04 Å².